The molecule has 0 fully saturated rings. The van der Waals surface area contributed by atoms with Crippen molar-refractivity contribution >= 4 is 39.1 Å². The van der Waals surface area contributed by atoms with Crippen molar-refractivity contribution in [2.24, 2.45) is 0 Å². The standard InChI is InChI=1S/C16H15BrCl2FN/c1-2-21-15(11-6-12(18)9-13(19)7-11)8-10-4-3-5-14(20)16(10)17/h3-7,9,15,21H,2,8H2,1H3. The maximum atomic E-state index is 13.6. The number of hydrogen-bond acceptors (Lipinski definition) is 1. The fourth-order valence-corrected chi connectivity index (χ4v) is 3.23. The predicted octanol–water partition coefficient (Wildman–Crippen LogP) is 5.79. The molecule has 0 aliphatic carbocycles. The van der Waals surface area contributed by atoms with E-state index in [1.54, 1.807) is 12.1 Å². The zero-order chi connectivity index (χ0) is 15.4. The molecule has 5 heteroatoms. The summed E-state index contributed by atoms with van der Waals surface area (Å²) in [6.07, 6.45) is 0.642. The fraction of sp³-hybridized carbons (Fsp3) is 0.250. The van der Waals surface area contributed by atoms with Crippen LogP contribution in [-0.4, -0.2) is 6.54 Å². The molecule has 0 heterocycles. The third-order valence-electron chi connectivity index (χ3n) is 3.19. The number of benzene rings is 2. The lowest BCUT2D eigenvalue weighted by Gasteiger charge is -2.20. The van der Waals surface area contributed by atoms with Gasteiger partial charge in [-0.15, -0.1) is 0 Å². The maximum Gasteiger partial charge on any atom is 0.137 e. The van der Waals surface area contributed by atoms with E-state index in [4.69, 9.17) is 23.2 Å². The highest BCUT2D eigenvalue weighted by Gasteiger charge is 2.15. The van der Waals surface area contributed by atoms with Gasteiger partial charge in [0, 0.05) is 16.1 Å². The van der Waals surface area contributed by atoms with Crippen molar-refractivity contribution in [3.8, 4) is 0 Å². The van der Waals surface area contributed by atoms with E-state index in [-0.39, 0.29) is 11.9 Å². The van der Waals surface area contributed by atoms with Crippen LogP contribution in [0.1, 0.15) is 24.1 Å². The van der Waals surface area contributed by atoms with Crippen molar-refractivity contribution < 1.29 is 4.39 Å². The fourth-order valence-electron chi connectivity index (χ4n) is 2.26. The number of halogens is 4. The summed E-state index contributed by atoms with van der Waals surface area (Å²) in [5.74, 6) is -0.258. The molecule has 0 saturated heterocycles. The molecule has 0 amide bonds. The molecule has 2 aromatic carbocycles. The van der Waals surface area contributed by atoms with Gasteiger partial charge >= 0.3 is 0 Å². The quantitative estimate of drug-likeness (QED) is 0.681. The third kappa shape index (κ3) is 4.43. The molecule has 1 unspecified atom stereocenters. The van der Waals surface area contributed by atoms with Crippen LogP contribution < -0.4 is 5.32 Å². The Hall–Kier alpha value is -0.610. The minimum absolute atomic E-state index is 0.0179. The monoisotopic (exact) mass is 389 g/mol. The van der Waals surface area contributed by atoms with E-state index in [1.807, 2.05) is 25.1 Å². The number of hydrogen-bond donors (Lipinski definition) is 1. The molecule has 2 rings (SSSR count). The van der Waals surface area contributed by atoms with Gasteiger partial charge in [-0.2, -0.15) is 0 Å². The highest BCUT2D eigenvalue weighted by atomic mass is 79.9. The van der Waals surface area contributed by atoms with Gasteiger partial charge < -0.3 is 5.32 Å². The van der Waals surface area contributed by atoms with Crippen molar-refractivity contribution in [1.29, 1.82) is 0 Å². The highest BCUT2D eigenvalue weighted by Crippen LogP contribution is 2.29. The van der Waals surface area contributed by atoms with E-state index >= 15 is 0 Å². The summed E-state index contributed by atoms with van der Waals surface area (Å²) in [5, 5.41) is 4.58. The Morgan fingerprint density at radius 2 is 1.86 bits per heavy atom. The second kappa shape index (κ2) is 7.59. The van der Waals surface area contributed by atoms with Crippen LogP contribution in [0.25, 0.3) is 0 Å². The molecule has 0 aliphatic rings. The first-order valence-electron chi connectivity index (χ1n) is 6.63. The second-order valence-electron chi connectivity index (χ2n) is 4.73. The van der Waals surface area contributed by atoms with Crippen LogP contribution in [0.3, 0.4) is 0 Å². The van der Waals surface area contributed by atoms with Crippen molar-refractivity contribution in [3.05, 3.63) is 67.9 Å². The minimum Gasteiger partial charge on any atom is -0.310 e. The van der Waals surface area contributed by atoms with Crippen LogP contribution >= 0.6 is 39.1 Å². The molecular formula is C16H15BrCl2FN. The molecule has 0 aromatic heterocycles. The molecule has 0 radical (unpaired) electrons. The third-order valence-corrected chi connectivity index (χ3v) is 4.52. The molecule has 2 aromatic rings. The molecule has 0 spiro atoms. The Morgan fingerprint density at radius 3 is 2.48 bits per heavy atom. The van der Waals surface area contributed by atoms with Gasteiger partial charge in [-0.1, -0.05) is 42.3 Å². The summed E-state index contributed by atoms with van der Waals surface area (Å²) >= 11 is 15.5. The smallest absolute Gasteiger partial charge is 0.137 e. The van der Waals surface area contributed by atoms with Crippen molar-refractivity contribution in [3.63, 3.8) is 0 Å². The van der Waals surface area contributed by atoms with E-state index in [9.17, 15) is 4.39 Å². The van der Waals surface area contributed by atoms with Crippen LogP contribution in [-0.2, 0) is 6.42 Å². The maximum absolute atomic E-state index is 13.6. The minimum atomic E-state index is -0.258. The van der Waals surface area contributed by atoms with E-state index in [1.165, 1.54) is 6.07 Å². The summed E-state index contributed by atoms with van der Waals surface area (Å²) in [7, 11) is 0. The molecular weight excluding hydrogens is 376 g/mol. The number of rotatable bonds is 5. The van der Waals surface area contributed by atoms with Crippen LogP contribution in [0.4, 0.5) is 4.39 Å². The number of likely N-dealkylation sites (N-methyl/N-ethyl adjacent to an activating group) is 1. The Bertz CT molecular complexity index is 613. The van der Waals surface area contributed by atoms with Crippen molar-refractivity contribution in [1.82, 2.24) is 5.32 Å². The van der Waals surface area contributed by atoms with Gasteiger partial charge in [0.2, 0.25) is 0 Å². The first-order chi connectivity index (χ1) is 10.0. The molecule has 1 nitrogen and oxygen atoms in total. The topological polar surface area (TPSA) is 12.0 Å². The van der Waals surface area contributed by atoms with Crippen LogP contribution in [0, 0.1) is 5.82 Å². The first-order valence-corrected chi connectivity index (χ1v) is 8.18. The Labute approximate surface area is 142 Å². The van der Waals surface area contributed by atoms with Crippen molar-refractivity contribution in [2.75, 3.05) is 6.54 Å². The molecule has 112 valence electrons. The van der Waals surface area contributed by atoms with Gasteiger partial charge in [-0.25, -0.2) is 4.39 Å². The summed E-state index contributed by atoms with van der Waals surface area (Å²) < 4.78 is 14.1. The molecule has 0 aliphatic heterocycles. The Balaban J connectivity index is 2.32. The average molecular weight is 391 g/mol. The second-order valence-corrected chi connectivity index (χ2v) is 6.40. The molecule has 0 bridgehead atoms. The van der Waals surface area contributed by atoms with Gasteiger partial charge in [-0.3, -0.25) is 0 Å². The zero-order valence-corrected chi connectivity index (χ0v) is 14.6. The van der Waals surface area contributed by atoms with Crippen LogP contribution in [0.15, 0.2) is 40.9 Å². The normalized spacial score (nSPS) is 12.4. The van der Waals surface area contributed by atoms with E-state index in [2.05, 4.69) is 21.2 Å². The molecule has 21 heavy (non-hydrogen) atoms. The molecule has 0 saturated carbocycles. The summed E-state index contributed by atoms with van der Waals surface area (Å²) in [4.78, 5) is 0. The van der Waals surface area contributed by atoms with Gasteiger partial charge in [0.1, 0.15) is 5.82 Å². The lowest BCUT2D eigenvalue weighted by Crippen LogP contribution is -2.23. The van der Waals surface area contributed by atoms with E-state index < -0.39 is 0 Å². The lowest BCUT2D eigenvalue weighted by atomic mass is 9.98. The van der Waals surface area contributed by atoms with E-state index in [0.29, 0.717) is 20.9 Å². The molecule has 1 atom stereocenters. The number of nitrogens with one attached hydrogen (secondary N) is 1. The summed E-state index contributed by atoms with van der Waals surface area (Å²) in [6, 6.07) is 10.5. The predicted molar refractivity (Wildman–Crippen MR) is 90.7 cm³/mol. The van der Waals surface area contributed by atoms with Crippen LogP contribution in [0.2, 0.25) is 10.0 Å². The zero-order valence-electron chi connectivity index (χ0n) is 11.5. The Kier molecular flexibility index (Phi) is 6.06. The highest BCUT2D eigenvalue weighted by molar-refractivity contribution is 9.10. The average Bonchev–Trinajstić information content (AvgIpc) is 2.42. The van der Waals surface area contributed by atoms with Crippen LogP contribution in [0.5, 0.6) is 0 Å². The lowest BCUT2D eigenvalue weighted by molar-refractivity contribution is 0.545. The largest absolute Gasteiger partial charge is 0.310 e. The van der Waals surface area contributed by atoms with Gasteiger partial charge in [0.25, 0.3) is 0 Å². The Morgan fingerprint density at radius 1 is 1.19 bits per heavy atom. The van der Waals surface area contributed by atoms with E-state index in [0.717, 1.165) is 17.7 Å². The first kappa shape index (κ1) is 16.8. The summed E-state index contributed by atoms with van der Waals surface area (Å²) in [5.41, 5.74) is 1.89. The summed E-state index contributed by atoms with van der Waals surface area (Å²) in [6.45, 7) is 2.82. The van der Waals surface area contributed by atoms with Gasteiger partial charge in [0.05, 0.1) is 4.47 Å². The molecule has 1 N–H and O–H groups in total. The van der Waals surface area contributed by atoms with Gasteiger partial charge in [-0.05, 0) is 64.3 Å². The van der Waals surface area contributed by atoms with Crippen molar-refractivity contribution in [2.45, 2.75) is 19.4 Å². The SMILES string of the molecule is CCNC(Cc1cccc(F)c1Br)c1cc(Cl)cc(Cl)c1. The van der Waals surface area contributed by atoms with Gasteiger partial charge in [0.15, 0.2) is 0 Å².